The van der Waals surface area contributed by atoms with E-state index in [4.69, 9.17) is 16.3 Å². The van der Waals surface area contributed by atoms with Crippen LogP contribution in [0.1, 0.15) is 25.8 Å². The Hall–Kier alpha value is -3.13. The summed E-state index contributed by atoms with van der Waals surface area (Å²) in [4.78, 5) is 43.9. The molecule has 7 nitrogen and oxygen atoms in total. The van der Waals surface area contributed by atoms with Gasteiger partial charge in [-0.1, -0.05) is 23.7 Å². The molecule has 2 atom stereocenters. The lowest BCUT2D eigenvalue weighted by Gasteiger charge is -2.47. The molecule has 2 aliphatic heterocycles. The van der Waals surface area contributed by atoms with Gasteiger partial charge >= 0.3 is 0 Å². The molecule has 2 aromatic carbocycles. The Morgan fingerprint density at radius 1 is 1.15 bits per heavy atom. The van der Waals surface area contributed by atoms with Gasteiger partial charge < -0.3 is 19.4 Å². The summed E-state index contributed by atoms with van der Waals surface area (Å²) in [6.45, 7) is 3.37. The van der Waals surface area contributed by atoms with E-state index in [-0.39, 0.29) is 37.4 Å². The second-order valence-corrected chi connectivity index (χ2v) is 8.81. The zero-order valence-electron chi connectivity index (χ0n) is 18.5. The number of nitrogens with zero attached hydrogens (tertiary/aromatic N) is 3. The van der Waals surface area contributed by atoms with E-state index in [1.165, 1.54) is 18.7 Å². The molecule has 0 aliphatic carbocycles. The molecule has 2 fully saturated rings. The maximum atomic E-state index is 13.9. The summed E-state index contributed by atoms with van der Waals surface area (Å²) in [6.07, 6.45) is -1.11. The van der Waals surface area contributed by atoms with E-state index < -0.39 is 11.9 Å². The molecule has 1 spiro atoms. The van der Waals surface area contributed by atoms with Crippen LogP contribution in [0.15, 0.2) is 48.5 Å². The SMILES string of the molecule is CC(=O)N1CCC2(C1)C(=O)N(c1ccc(OC(C)F)cc1)CC(=O)N2Cc1ccc(Cl)cc1. The van der Waals surface area contributed by atoms with Crippen LogP contribution >= 0.6 is 11.6 Å². The standard InChI is InChI=1S/C24H25ClFN3O4/c1-16(26)33-21-9-7-20(8-10-21)28-14-22(31)29(13-18-3-5-19(25)6-4-18)24(23(28)32)11-12-27(15-24)17(2)30/h3-10,16H,11-15H2,1-2H3. The van der Waals surface area contributed by atoms with Gasteiger partial charge in [0.1, 0.15) is 17.8 Å². The number of amides is 3. The molecule has 0 bridgehead atoms. The first-order valence-corrected chi connectivity index (χ1v) is 11.1. The van der Waals surface area contributed by atoms with Crippen molar-refractivity contribution in [2.24, 2.45) is 0 Å². The predicted molar refractivity (Wildman–Crippen MR) is 122 cm³/mol. The van der Waals surface area contributed by atoms with Gasteiger partial charge in [0.2, 0.25) is 18.2 Å². The first kappa shape index (κ1) is 23.0. The predicted octanol–water partition coefficient (Wildman–Crippen LogP) is 3.40. The molecular weight excluding hydrogens is 449 g/mol. The number of likely N-dealkylation sites (tertiary alicyclic amines) is 1. The topological polar surface area (TPSA) is 70.2 Å². The van der Waals surface area contributed by atoms with Crippen molar-refractivity contribution in [3.63, 3.8) is 0 Å². The molecule has 2 saturated heterocycles. The number of benzene rings is 2. The quantitative estimate of drug-likeness (QED) is 0.667. The molecule has 0 N–H and O–H groups in total. The Morgan fingerprint density at radius 3 is 2.39 bits per heavy atom. The highest BCUT2D eigenvalue weighted by atomic mass is 35.5. The zero-order chi connectivity index (χ0) is 23.8. The Morgan fingerprint density at radius 2 is 1.82 bits per heavy atom. The second kappa shape index (κ2) is 9.02. The van der Waals surface area contributed by atoms with E-state index in [1.54, 1.807) is 46.2 Å². The maximum absolute atomic E-state index is 13.9. The minimum Gasteiger partial charge on any atom is -0.461 e. The Balaban J connectivity index is 1.66. The van der Waals surface area contributed by atoms with Crippen LogP contribution in [0.4, 0.5) is 10.1 Å². The number of alkyl halides is 1. The third kappa shape index (κ3) is 4.53. The molecule has 2 aliphatic rings. The van der Waals surface area contributed by atoms with Crippen molar-refractivity contribution >= 4 is 35.0 Å². The van der Waals surface area contributed by atoms with Crippen molar-refractivity contribution in [2.75, 3.05) is 24.5 Å². The maximum Gasteiger partial charge on any atom is 0.255 e. The molecule has 174 valence electrons. The van der Waals surface area contributed by atoms with Crippen molar-refractivity contribution in [3.05, 3.63) is 59.1 Å². The monoisotopic (exact) mass is 473 g/mol. The van der Waals surface area contributed by atoms with Crippen LogP contribution < -0.4 is 9.64 Å². The third-order valence-corrected chi connectivity index (χ3v) is 6.40. The van der Waals surface area contributed by atoms with E-state index in [0.717, 1.165) is 5.56 Å². The van der Waals surface area contributed by atoms with Crippen LogP contribution in [-0.2, 0) is 20.9 Å². The van der Waals surface area contributed by atoms with Crippen molar-refractivity contribution in [1.29, 1.82) is 0 Å². The Labute approximate surface area is 196 Å². The van der Waals surface area contributed by atoms with Crippen LogP contribution in [-0.4, -0.2) is 59.1 Å². The summed E-state index contributed by atoms with van der Waals surface area (Å²) >= 11 is 5.99. The number of carbonyl (C=O) groups excluding carboxylic acids is 3. The summed E-state index contributed by atoms with van der Waals surface area (Å²) in [5.74, 6) is -0.273. The fraction of sp³-hybridized carbons (Fsp3) is 0.375. The molecule has 0 aromatic heterocycles. The highest BCUT2D eigenvalue weighted by Gasteiger charge is 2.56. The van der Waals surface area contributed by atoms with Crippen molar-refractivity contribution in [1.82, 2.24) is 9.80 Å². The van der Waals surface area contributed by atoms with E-state index >= 15 is 0 Å². The minimum atomic E-state index is -1.46. The number of anilines is 1. The van der Waals surface area contributed by atoms with Gasteiger partial charge in [-0.15, -0.1) is 0 Å². The van der Waals surface area contributed by atoms with Gasteiger partial charge in [-0.2, -0.15) is 0 Å². The highest BCUT2D eigenvalue weighted by Crippen LogP contribution is 2.37. The number of carbonyl (C=O) groups is 3. The van der Waals surface area contributed by atoms with Gasteiger partial charge in [0.05, 0.1) is 6.54 Å². The number of ether oxygens (including phenoxy) is 1. The van der Waals surface area contributed by atoms with Crippen LogP contribution in [0.5, 0.6) is 5.75 Å². The van der Waals surface area contributed by atoms with Gasteiger partial charge in [-0.25, -0.2) is 4.39 Å². The molecule has 2 aromatic rings. The van der Waals surface area contributed by atoms with E-state index in [2.05, 4.69) is 0 Å². The lowest BCUT2D eigenvalue weighted by Crippen LogP contribution is -2.69. The molecule has 0 radical (unpaired) electrons. The average molecular weight is 474 g/mol. The minimum absolute atomic E-state index is 0.131. The fourth-order valence-electron chi connectivity index (χ4n) is 4.47. The summed E-state index contributed by atoms with van der Waals surface area (Å²) in [5, 5.41) is 0.582. The van der Waals surface area contributed by atoms with Gasteiger partial charge in [-0.05, 0) is 48.4 Å². The molecule has 4 rings (SSSR count). The lowest BCUT2D eigenvalue weighted by molar-refractivity contribution is -0.151. The Kier molecular flexibility index (Phi) is 6.30. The first-order valence-electron chi connectivity index (χ1n) is 10.7. The average Bonchev–Trinajstić information content (AvgIpc) is 3.22. The molecule has 3 amide bonds. The van der Waals surface area contributed by atoms with Crippen molar-refractivity contribution in [3.8, 4) is 5.75 Å². The van der Waals surface area contributed by atoms with Gasteiger partial charge in [0.25, 0.3) is 5.91 Å². The number of rotatable bonds is 5. The van der Waals surface area contributed by atoms with Gasteiger partial charge in [0, 0.05) is 37.6 Å². The molecule has 2 unspecified atom stereocenters. The molecule has 33 heavy (non-hydrogen) atoms. The zero-order valence-corrected chi connectivity index (χ0v) is 19.2. The fourth-order valence-corrected chi connectivity index (χ4v) is 4.59. The summed E-state index contributed by atoms with van der Waals surface area (Å²) in [6, 6.07) is 13.5. The number of hydrogen-bond acceptors (Lipinski definition) is 4. The largest absolute Gasteiger partial charge is 0.461 e. The van der Waals surface area contributed by atoms with Gasteiger partial charge in [0.15, 0.2) is 0 Å². The summed E-state index contributed by atoms with van der Waals surface area (Å²) < 4.78 is 18.2. The number of halogens is 2. The van der Waals surface area contributed by atoms with Crippen LogP contribution in [0.2, 0.25) is 5.02 Å². The Bertz CT molecular complexity index is 1060. The van der Waals surface area contributed by atoms with E-state index in [9.17, 15) is 18.8 Å². The molecule has 9 heteroatoms. The second-order valence-electron chi connectivity index (χ2n) is 8.37. The van der Waals surface area contributed by atoms with E-state index in [0.29, 0.717) is 29.4 Å². The lowest BCUT2D eigenvalue weighted by atomic mass is 9.90. The molecule has 2 heterocycles. The van der Waals surface area contributed by atoms with Crippen molar-refractivity contribution in [2.45, 2.75) is 38.7 Å². The van der Waals surface area contributed by atoms with Crippen LogP contribution in [0, 0.1) is 0 Å². The first-order chi connectivity index (χ1) is 15.7. The number of hydrogen-bond donors (Lipinski definition) is 0. The highest BCUT2D eigenvalue weighted by molar-refractivity contribution is 6.30. The third-order valence-electron chi connectivity index (χ3n) is 6.15. The summed E-state index contributed by atoms with van der Waals surface area (Å²) in [7, 11) is 0. The van der Waals surface area contributed by atoms with E-state index in [1.807, 2.05) is 12.1 Å². The van der Waals surface area contributed by atoms with Crippen LogP contribution in [0.3, 0.4) is 0 Å². The van der Waals surface area contributed by atoms with Crippen molar-refractivity contribution < 1.29 is 23.5 Å². The normalized spacial score (nSPS) is 21.6. The smallest absolute Gasteiger partial charge is 0.255 e. The van der Waals surface area contributed by atoms with Crippen LogP contribution in [0.25, 0.3) is 0 Å². The summed E-state index contributed by atoms with van der Waals surface area (Å²) in [5.41, 5.74) is 0.194. The molecular formula is C24H25ClFN3O4. The van der Waals surface area contributed by atoms with Gasteiger partial charge in [-0.3, -0.25) is 14.4 Å². The molecule has 0 saturated carbocycles. The number of piperazine rings is 1.